The second kappa shape index (κ2) is 11.6. The Morgan fingerprint density at radius 2 is 1.59 bits per heavy atom. The van der Waals surface area contributed by atoms with E-state index >= 15 is 0 Å². The fourth-order valence-corrected chi connectivity index (χ4v) is 4.26. The predicted octanol–water partition coefficient (Wildman–Crippen LogP) is 8.61. The van der Waals surface area contributed by atoms with E-state index in [1.807, 2.05) is 61.8 Å². The Morgan fingerprint density at radius 1 is 0.769 bits per heavy atom. The summed E-state index contributed by atoms with van der Waals surface area (Å²) in [5, 5.41) is 2.08. The first-order chi connectivity index (χ1) is 18.2. The van der Waals surface area contributed by atoms with Crippen molar-refractivity contribution in [2.75, 3.05) is 0 Å². The monoisotopic (exact) mass is 690 g/mol. The summed E-state index contributed by atoms with van der Waals surface area (Å²) < 4.78 is 6.06. The van der Waals surface area contributed by atoms with Gasteiger partial charge in [-0.15, -0.1) is 54.1 Å². The molecule has 4 heterocycles. The molecule has 4 nitrogen and oxygen atoms in total. The molecular weight excluding hydrogens is 659 g/mol. The van der Waals surface area contributed by atoms with Crippen LogP contribution >= 0.6 is 0 Å². The Hall–Kier alpha value is -3.66. The molecule has 4 aromatic heterocycles. The zero-order chi connectivity index (χ0) is 26.9. The summed E-state index contributed by atoms with van der Waals surface area (Å²) in [6.07, 6.45) is 3.76. The van der Waals surface area contributed by atoms with Gasteiger partial charge < -0.3 is 14.4 Å². The molecule has 6 aromatic rings. The number of rotatable bonds is 2. The van der Waals surface area contributed by atoms with Gasteiger partial charge in [0.05, 0.1) is 5.58 Å². The molecule has 0 unspecified atom stereocenters. The molecule has 0 N–H and O–H groups in total. The van der Waals surface area contributed by atoms with Crippen LogP contribution in [-0.2, 0) is 25.5 Å². The number of hydrogen-bond acceptors (Lipinski definition) is 4. The maximum atomic E-state index is 6.06. The van der Waals surface area contributed by atoms with E-state index in [-0.39, 0.29) is 25.5 Å². The van der Waals surface area contributed by atoms with Crippen molar-refractivity contribution >= 4 is 22.1 Å². The van der Waals surface area contributed by atoms with Crippen LogP contribution in [0.4, 0.5) is 0 Å². The molecule has 0 fully saturated rings. The van der Waals surface area contributed by atoms with Crippen LogP contribution in [0.3, 0.4) is 0 Å². The van der Waals surface area contributed by atoms with E-state index in [9.17, 15) is 0 Å². The van der Waals surface area contributed by atoms with Gasteiger partial charge in [-0.2, -0.15) is 0 Å². The van der Waals surface area contributed by atoms with E-state index in [0.29, 0.717) is 5.71 Å². The van der Waals surface area contributed by atoms with Crippen LogP contribution in [0.1, 0.15) is 43.2 Å². The molecule has 0 saturated carbocycles. The topological polar surface area (TPSA) is 51.8 Å². The average molecular weight is 690 g/mol. The van der Waals surface area contributed by atoms with Gasteiger partial charge in [0.2, 0.25) is 5.71 Å². The maximum Gasteiger partial charge on any atom is 0.216 e. The molecule has 0 spiro atoms. The van der Waals surface area contributed by atoms with Gasteiger partial charge in [0, 0.05) is 43.6 Å². The molecule has 1 radical (unpaired) electrons. The van der Waals surface area contributed by atoms with Gasteiger partial charge in [-0.05, 0) is 66.9 Å². The molecule has 6 rings (SSSR count). The standard InChI is InChI=1S/C21H19N2O.C13H12N.Ir/c1-13-8-9-16-15-6-5-7-17(19(15)24-20(16)23-13)18-12-14(10-11-22-18)21(2,3)4;1-10-8-13(14-9-11(10)2)12-6-4-3-5-7-12;/h5-6,8-12H,1-4H3;3-6,8-9H,1-2H3;/q2*-1;. The van der Waals surface area contributed by atoms with Crippen molar-refractivity contribution in [2.45, 2.75) is 47.0 Å². The van der Waals surface area contributed by atoms with Crippen LogP contribution < -0.4 is 0 Å². The minimum absolute atomic E-state index is 0. The van der Waals surface area contributed by atoms with Gasteiger partial charge in [-0.3, -0.25) is 0 Å². The molecule has 0 aliphatic heterocycles. The molecule has 0 bridgehead atoms. The zero-order valence-corrected chi connectivity index (χ0v) is 25.5. The fraction of sp³-hybridized carbons (Fsp3) is 0.206. The minimum atomic E-state index is 0. The number of fused-ring (bicyclic) bond motifs is 3. The van der Waals surface area contributed by atoms with Crippen molar-refractivity contribution in [3.63, 3.8) is 0 Å². The van der Waals surface area contributed by atoms with Crippen LogP contribution in [0.2, 0.25) is 0 Å². The first kappa shape index (κ1) is 28.4. The van der Waals surface area contributed by atoms with Gasteiger partial charge in [-0.1, -0.05) is 49.4 Å². The van der Waals surface area contributed by atoms with Crippen molar-refractivity contribution < 1.29 is 24.5 Å². The van der Waals surface area contributed by atoms with Crippen molar-refractivity contribution in [1.82, 2.24) is 15.0 Å². The summed E-state index contributed by atoms with van der Waals surface area (Å²) in [6.45, 7) is 12.7. The molecule has 199 valence electrons. The Bertz CT molecular complexity index is 1730. The van der Waals surface area contributed by atoms with E-state index in [4.69, 9.17) is 4.42 Å². The number of benzene rings is 2. The second-order valence-corrected chi connectivity index (χ2v) is 10.6. The number of hydrogen-bond donors (Lipinski definition) is 0. The molecule has 39 heavy (non-hydrogen) atoms. The number of aromatic nitrogens is 3. The Balaban J connectivity index is 0.000000202. The van der Waals surface area contributed by atoms with Gasteiger partial charge in [0.15, 0.2) is 0 Å². The van der Waals surface area contributed by atoms with Gasteiger partial charge >= 0.3 is 0 Å². The first-order valence-corrected chi connectivity index (χ1v) is 12.8. The summed E-state index contributed by atoms with van der Waals surface area (Å²) >= 11 is 0. The number of aryl methyl sites for hydroxylation is 3. The molecule has 0 amide bonds. The van der Waals surface area contributed by atoms with Crippen LogP contribution in [0.25, 0.3) is 44.6 Å². The van der Waals surface area contributed by atoms with E-state index < -0.39 is 0 Å². The van der Waals surface area contributed by atoms with Gasteiger partial charge in [-0.25, -0.2) is 4.98 Å². The maximum absolute atomic E-state index is 6.06. The van der Waals surface area contributed by atoms with E-state index in [2.05, 4.69) is 86.0 Å². The third-order valence-electron chi connectivity index (χ3n) is 6.68. The average Bonchev–Trinajstić information content (AvgIpc) is 3.28. The molecular formula is C34H31IrN3O-2. The fourth-order valence-electron chi connectivity index (χ4n) is 4.26. The SMILES string of the molecule is Cc1ccc2c(n1)oc1c(-c3cc(C(C)(C)C)ccn3)[c-]ccc12.Cc1cnc(-c2[c-]cccc2)cc1C.[Ir]. The molecule has 0 aliphatic rings. The summed E-state index contributed by atoms with van der Waals surface area (Å²) in [7, 11) is 0. The van der Waals surface area contributed by atoms with E-state index in [1.165, 1.54) is 16.7 Å². The summed E-state index contributed by atoms with van der Waals surface area (Å²) in [6, 6.07) is 28.7. The quantitative estimate of drug-likeness (QED) is 0.171. The first-order valence-electron chi connectivity index (χ1n) is 12.8. The number of nitrogens with zero attached hydrogens (tertiary/aromatic N) is 3. The zero-order valence-electron chi connectivity index (χ0n) is 23.1. The van der Waals surface area contributed by atoms with Gasteiger partial charge in [0.1, 0.15) is 0 Å². The smallest absolute Gasteiger partial charge is 0.216 e. The summed E-state index contributed by atoms with van der Waals surface area (Å²) in [5.74, 6) is 0. The number of furan rings is 1. The molecule has 5 heteroatoms. The molecule has 0 aliphatic carbocycles. The summed E-state index contributed by atoms with van der Waals surface area (Å²) in [4.78, 5) is 13.4. The molecule has 2 aromatic carbocycles. The van der Waals surface area contributed by atoms with Crippen LogP contribution in [-0.4, -0.2) is 15.0 Å². The van der Waals surface area contributed by atoms with Gasteiger partial charge in [0.25, 0.3) is 0 Å². The molecule has 0 saturated heterocycles. The van der Waals surface area contributed by atoms with Crippen LogP contribution in [0.5, 0.6) is 0 Å². The van der Waals surface area contributed by atoms with Crippen LogP contribution in [0.15, 0.2) is 83.5 Å². The minimum Gasteiger partial charge on any atom is -0.486 e. The largest absolute Gasteiger partial charge is 0.486 e. The second-order valence-electron chi connectivity index (χ2n) is 10.6. The van der Waals surface area contributed by atoms with Crippen LogP contribution in [0, 0.1) is 32.9 Å². The van der Waals surface area contributed by atoms with Crippen molar-refractivity contribution in [3.8, 4) is 22.5 Å². The molecule has 0 atom stereocenters. The van der Waals surface area contributed by atoms with Crippen molar-refractivity contribution in [3.05, 3.63) is 114 Å². The van der Waals surface area contributed by atoms with E-state index in [0.717, 1.165) is 44.6 Å². The normalized spacial score (nSPS) is 11.1. The van der Waals surface area contributed by atoms with Crippen molar-refractivity contribution in [1.29, 1.82) is 0 Å². The van der Waals surface area contributed by atoms with Crippen molar-refractivity contribution in [2.24, 2.45) is 0 Å². The third-order valence-corrected chi connectivity index (χ3v) is 6.68. The predicted molar refractivity (Wildman–Crippen MR) is 155 cm³/mol. The third kappa shape index (κ3) is 6.16. The Morgan fingerprint density at radius 3 is 2.31 bits per heavy atom. The van der Waals surface area contributed by atoms with E-state index in [1.54, 1.807) is 0 Å². The Kier molecular flexibility index (Phi) is 8.44. The summed E-state index contributed by atoms with van der Waals surface area (Å²) in [5.41, 5.74) is 10.0. The Labute approximate surface area is 243 Å². The number of pyridine rings is 3.